The van der Waals surface area contributed by atoms with Gasteiger partial charge in [0.1, 0.15) is 17.7 Å². The fourth-order valence-corrected chi connectivity index (χ4v) is 2.46. The lowest BCUT2D eigenvalue weighted by molar-refractivity contribution is 0.0690. The van der Waals surface area contributed by atoms with Gasteiger partial charge in [0, 0.05) is 18.7 Å². The Morgan fingerprint density at radius 3 is 2.29 bits per heavy atom. The molecule has 2 aromatic rings. The van der Waals surface area contributed by atoms with Crippen molar-refractivity contribution in [3.05, 3.63) is 65.5 Å². The molecule has 2 aromatic carbocycles. The van der Waals surface area contributed by atoms with Crippen molar-refractivity contribution in [3.8, 4) is 5.75 Å². The van der Waals surface area contributed by atoms with Gasteiger partial charge in [-0.1, -0.05) is 36.4 Å². The molecule has 0 aliphatic rings. The molecule has 112 valence electrons. The molecule has 0 saturated carbocycles. The number of likely N-dealkylation sites (N-methyl/N-ethyl adjacent to an activating group) is 1. The van der Waals surface area contributed by atoms with Gasteiger partial charge >= 0.3 is 0 Å². The van der Waals surface area contributed by atoms with E-state index in [1.54, 1.807) is 26.3 Å². The van der Waals surface area contributed by atoms with Gasteiger partial charge in [-0.05, 0) is 18.7 Å². The van der Waals surface area contributed by atoms with Crippen molar-refractivity contribution in [3.63, 3.8) is 0 Å². The molecule has 0 bridgehead atoms. The van der Waals surface area contributed by atoms with E-state index in [9.17, 15) is 4.39 Å². The molecule has 0 radical (unpaired) electrons. The van der Waals surface area contributed by atoms with E-state index in [1.807, 2.05) is 30.3 Å². The van der Waals surface area contributed by atoms with E-state index in [0.717, 1.165) is 5.56 Å². The zero-order valence-electron chi connectivity index (χ0n) is 12.5. The highest BCUT2D eigenvalue weighted by atomic mass is 19.1. The minimum atomic E-state index is -0.313. The highest BCUT2D eigenvalue weighted by Gasteiger charge is 2.25. The first-order chi connectivity index (χ1) is 10.2. The number of rotatable bonds is 6. The maximum Gasteiger partial charge on any atom is 0.131 e. The third-order valence-corrected chi connectivity index (χ3v) is 3.54. The van der Waals surface area contributed by atoms with Gasteiger partial charge in [-0.25, -0.2) is 4.39 Å². The van der Waals surface area contributed by atoms with Crippen LogP contribution in [0.4, 0.5) is 4.39 Å². The predicted octanol–water partition coefficient (Wildman–Crippen LogP) is 3.48. The second kappa shape index (κ2) is 7.20. The average molecular weight is 289 g/mol. The molecule has 2 rings (SSSR count). The molecule has 3 nitrogen and oxygen atoms in total. The van der Waals surface area contributed by atoms with Crippen LogP contribution >= 0.6 is 0 Å². The van der Waals surface area contributed by atoms with Crippen LogP contribution in [0.5, 0.6) is 5.75 Å². The Morgan fingerprint density at radius 1 is 1.05 bits per heavy atom. The maximum atomic E-state index is 14.3. The number of benzene rings is 2. The van der Waals surface area contributed by atoms with Gasteiger partial charge in [-0.15, -0.1) is 0 Å². The molecule has 0 aromatic heterocycles. The Labute approximate surface area is 124 Å². The Balaban J connectivity index is 2.38. The van der Waals surface area contributed by atoms with Crippen molar-refractivity contribution in [2.75, 3.05) is 21.3 Å². The van der Waals surface area contributed by atoms with E-state index < -0.39 is 0 Å². The predicted molar refractivity (Wildman–Crippen MR) is 80.9 cm³/mol. The summed E-state index contributed by atoms with van der Waals surface area (Å²) in [5.74, 6) is 0.187. The Kier molecular flexibility index (Phi) is 5.31. The SMILES string of the molecule is CNC(c1ccc(OC)cc1F)C(OC)c1ccccc1. The van der Waals surface area contributed by atoms with E-state index in [0.29, 0.717) is 11.3 Å². The molecular formula is C17H20FNO2. The summed E-state index contributed by atoms with van der Waals surface area (Å²) in [5.41, 5.74) is 1.54. The minimum absolute atomic E-state index is 0.279. The van der Waals surface area contributed by atoms with E-state index in [4.69, 9.17) is 9.47 Å². The molecule has 0 aliphatic carbocycles. The summed E-state index contributed by atoms with van der Waals surface area (Å²) in [6.45, 7) is 0. The summed E-state index contributed by atoms with van der Waals surface area (Å²) >= 11 is 0. The Morgan fingerprint density at radius 2 is 1.76 bits per heavy atom. The molecular weight excluding hydrogens is 269 g/mol. The van der Waals surface area contributed by atoms with Crippen LogP contribution in [0, 0.1) is 5.82 Å². The molecule has 0 saturated heterocycles. The van der Waals surface area contributed by atoms with Gasteiger partial charge in [-0.2, -0.15) is 0 Å². The van der Waals surface area contributed by atoms with Gasteiger partial charge in [0.25, 0.3) is 0 Å². The molecule has 1 N–H and O–H groups in total. The van der Waals surface area contributed by atoms with Crippen LogP contribution in [0.25, 0.3) is 0 Å². The summed E-state index contributed by atoms with van der Waals surface area (Å²) in [4.78, 5) is 0. The monoisotopic (exact) mass is 289 g/mol. The van der Waals surface area contributed by atoms with Crippen LogP contribution in [0.2, 0.25) is 0 Å². The molecule has 21 heavy (non-hydrogen) atoms. The van der Waals surface area contributed by atoms with Crippen LogP contribution in [0.15, 0.2) is 48.5 Å². The Hall–Kier alpha value is -1.91. The third-order valence-electron chi connectivity index (χ3n) is 3.54. The molecule has 0 amide bonds. The highest BCUT2D eigenvalue weighted by Crippen LogP contribution is 2.33. The van der Waals surface area contributed by atoms with Crippen molar-refractivity contribution >= 4 is 0 Å². The van der Waals surface area contributed by atoms with E-state index >= 15 is 0 Å². The van der Waals surface area contributed by atoms with E-state index in [2.05, 4.69) is 5.32 Å². The second-order valence-electron chi connectivity index (χ2n) is 4.72. The lowest BCUT2D eigenvalue weighted by Gasteiger charge is -2.27. The fourth-order valence-electron chi connectivity index (χ4n) is 2.46. The molecule has 0 spiro atoms. The number of nitrogens with one attached hydrogen (secondary N) is 1. The van der Waals surface area contributed by atoms with Crippen LogP contribution in [0.3, 0.4) is 0 Å². The number of hydrogen-bond acceptors (Lipinski definition) is 3. The van der Waals surface area contributed by atoms with Gasteiger partial charge in [0.05, 0.1) is 13.2 Å². The lowest BCUT2D eigenvalue weighted by atomic mass is 9.95. The number of ether oxygens (including phenoxy) is 2. The highest BCUT2D eigenvalue weighted by molar-refractivity contribution is 5.33. The summed E-state index contributed by atoms with van der Waals surface area (Å²) < 4.78 is 24.9. The van der Waals surface area contributed by atoms with Crippen LogP contribution < -0.4 is 10.1 Å². The second-order valence-corrected chi connectivity index (χ2v) is 4.72. The first-order valence-electron chi connectivity index (χ1n) is 6.79. The van der Waals surface area contributed by atoms with Gasteiger partial charge in [0.15, 0.2) is 0 Å². The topological polar surface area (TPSA) is 30.5 Å². The smallest absolute Gasteiger partial charge is 0.131 e. The Bertz CT molecular complexity index is 574. The molecule has 4 heteroatoms. The summed E-state index contributed by atoms with van der Waals surface area (Å²) in [7, 11) is 4.94. The molecule has 2 unspecified atom stereocenters. The first-order valence-corrected chi connectivity index (χ1v) is 6.79. The van der Waals surface area contributed by atoms with Crippen molar-refractivity contribution < 1.29 is 13.9 Å². The molecule has 2 atom stereocenters. The van der Waals surface area contributed by atoms with Gasteiger partial charge < -0.3 is 14.8 Å². The summed E-state index contributed by atoms with van der Waals surface area (Å²) in [5, 5.41) is 3.14. The lowest BCUT2D eigenvalue weighted by Crippen LogP contribution is -2.26. The first kappa shape index (κ1) is 15.5. The van der Waals surface area contributed by atoms with Gasteiger partial charge in [0.2, 0.25) is 0 Å². The largest absolute Gasteiger partial charge is 0.497 e. The van der Waals surface area contributed by atoms with Crippen molar-refractivity contribution in [1.29, 1.82) is 0 Å². The summed E-state index contributed by atoms with van der Waals surface area (Å²) in [6.07, 6.45) is -0.279. The normalized spacial score (nSPS) is 13.7. The average Bonchev–Trinajstić information content (AvgIpc) is 2.53. The number of methoxy groups -OCH3 is 2. The van der Waals surface area contributed by atoms with Crippen LogP contribution in [-0.4, -0.2) is 21.3 Å². The van der Waals surface area contributed by atoms with Crippen LogP contribution in [0.1, 0.15) is 23.3 Å². The van der Waals surface area contributed by atoms with Crippen molar-refractivity contribution in [1.82, 2.24) is 5.32 Å². The number of halogens is 1. The summed E-state index contributed by atoms with van der Waals surface area (Å²) in [6, 6.07) is 14.3. The molecule has 0 fully saturated rings. The fraction of sp³-hybridized carbons (Fsp3) is 0.294. The van der Waals surface area contributed by atoms with Crippen LogP contribution in [-0.2, 0) is 4.74 Å². The van der Waals surface area contributed by atoms with E-state index in [1.165, 1.54) is 13.2 Å². The maximum absolute atomic E-state index is 14.3. The van der Waals surface area contributed by atoms with Crippen molar-refractivity contribution in [2.24, 2.45) is 0 Å². The standard InChI is InChI=1S/C17H20FNO2/c1-19-16(14-10-9-13(20-2)11-15(14)18)17(21-3)12-7-5-4-6-8-12/h4-11,16-17,19H,1-3H3. The van der Waals surface area contributed by atoms with E-state index in [-0.39, 0.29) is 18.0 Å². The quantitative estimate of drug-likeness (QED) is 0.883. The zero-order chi connectivity index (χ0) is 15.2. The third kappa shape index (κ3) is 3.40. The molecule has 0 heterocycles. The van der Waals surface area contributed by atoms with Crippen molar-refractivity contribution in [2.45, 2.75) is 12.1 Å². The van der Waals surface area contributed by atoms with Gasteiger partial charge in [-0.3, -0.25) is 0 Å². The number of hydrogen-bond donors (Lipinski definition) is 1. The minimum Gasteiger partial charge on any atom is -0.497 e. The molecule has 0 aliphatic heterocycles. The zero-order valence-corrected chi connectivity index (χ0v) is 12.5.